The summed E-state index contributed by atoms with van der Waals surface area (Å²) < 4.78 is 15.0. The zero-order valence-electron chi connectivity index (χ0n) is 10.9. The summed E-state index contributed by atoms with van der Waals surface area (Å²) in [7, 11) is 0. The first kappa shape index (κ1) is 13.0. The zero-order chi connectivity index (χ0) is 15.0. The Labute approximate surface area is 119 Å². The van der Waals surface area contributed by atoms with Crippen molar-refractivity contribution in [2.45, 2.75) is 6.54 Å². The van der Waals surface area contributed by atoms with E-state index in [1.54, 1.807) is 17.0 Å². The van der Waals surface area contributed by atoms with Crippen LogP contribution in [0.2, 0.25) is 0 Å². The van der Waals surface area contributed by atoms with Crippen LogP contribution in [0.25, 0.3) is 11.2 Å². The van der Waals surface area contributed by atoms with Gasteiger partial charge < -0.3 is 16.0 Å². The van der Waals surface area contributed by atoms with Gasteiger partial charge in [0.2, 0.25) is 0 Å². The average molecular weight is 285 g/mol. The standard InChI is InChI=1S/C13H12FN7/c14-8-2-1-7(9(3-8)11(15)16)4-21-6-20-10-12(17)18-5-19-13(10)21/h1-3,5-6H,4H2,(H3,15,16)(H2,17,18,19). The van der Waals surface area contributed by atoms with Crippen LogP contribution in [0.1, 0.15) is 11.1 Å². The predicted molar refractivity (Wildman–Crippen MR) is 76.3 cm³/mol. The fraction of sp³-hybridized carbons (Fsp3) is 0.0769. The quantitative estimate of drug-likeness (QED) is 0.487. The maximum absolute atomic E-state index is 13.3. The minimum Gasteiger partial charge on any atom is -0.384 e. The number of amidine groups is 1. The first-order valence-corrected chi connectivity index (χ1v) is 6.10. The third kappa shape index (κ3) is 2.27. The number of imidazole rings is 1. The van der Waals surface area contributed by atoms with Gasteiger partial charge in [-0.25, -0.2) is 19.3 Å². The molecule has 0 aliphatic carbocycles. The van der Waals surface area contributed by atoms with Crippen molar-refractivity contribution in [1.29, 1.82) is 5.41 Å². The van der Waals surface area contributed by atoms with Crippen molar-refractivity contribution in [2.75, 3.05) is 5.73 Å². The van der Waals surface area contributed by atoms with Gasteiger partial charge in [-0.1, -0.05) is 6.07 Å². The number of halogens is 1. The zero-order valence-corrected chi connectivity index (χ0v) is 10.9. The maximum Gasteiger partial charge on any atom is 0.165 e. The molecule has 0 atom stereocenters. The fourth-order valence-electron chi connectivity index (χ4n) is 2.14. The molecule has 0 spiro atoms. The van der Waals surface area contributed by atoms with Gasteiger partial charge in [-0.3, -0.25) is 5.41 Å². The second kappa shape index (κ2) is 4.82. The van der Waals surface area contributed by atoms with Gasteiger partial charge in [0.25, 0.3) is 0 Å². The smallest absolute Gasteiger partial charge is 0.165 e. The summed E-state index contributed by atoms with van der Waals surface area (Å²) in [5, 5.41) is 7.54. The summed E-state index contributed by atoms with van der Waals surface area (Å²) in [6.07, 6.45) is 2.93. The first-order valence-electron chi connectivity index (χ1n) is 6.10. The largest absolute Gasteiger partial charge is 0.384 e. The van der Waals surface area contributed by atoms with E-state index >= 15 is 0 Å². The van der Waals surface area contributed by atoms with Gasteiger partial charge in [0.15, 0.2) is 11.5 Å². The number of anilines is 1. The van der Waals surface area contributed by atoms with Crippen LogP contribution in [-0.4, -0.2) is 25.4 Å². The molecule has 21 heavy (non-hydrogen) atoms. The van der Waals surface area contributed by atoms with Crippen molar-refractivity contribution in [2.24, 2.45) is 5.73 Å². The molecule has 0 saturated heterocycles. The molecule has 8 heteroatoms. The number of nitrogen functional groups attached to an aromatic ring is 2. The molecule has 0 bridgehead atoms. The lowest BCUT2D eigenvalue weighted by molar-refractivity contribution is 0.626. The van der Waals surface area contributed by atoms with Crippen LogP contribution in [-0.2, 0) is 6.54 Å². The Morgan fingerprint density at radius 2 is 2.10 bits per heavy atom. The van der Waals surface area contributed by atoms with E-state index in [1.807, 2.05) is 0 Å². The Hall–Kier alpha value is -3.03. The van der Waals surface area contributed by atoms with Crippen LogP contribution in [0.15, 0.2) is 30.9 Å². The number of hydrogen-bond donors (Lipinski definition) is 3. The van der Waals surface area contributed by atoms with Gasteiger partial charge in [-0.05, 0) is 17.7 Å². The number of nitrogens with one attached hydrogen (secondary N) is 1. The summed E-state index contributed by atoms with van der Waals surface area (Å²) in [5.41, 5.74) is 13.3. The van der Waals surface area contributed by atoms with E-state index in [0.29, 0.717) is 34.7 Å². The Balaban J connectivity index is 2.07. The van der Waals surface area contributed by atoms with Crippen LogP contribution < -0.4 is 11.5 Å². The number of benzene rings is 1. The minimum absolute atomic E-state index is 0.192. The number of nitrogens with two attached hydrogens (primary N) is 2. The SMILES string of the molecule is N=C(N)c1cc(F)ccc1Cn1cnc2c(N)ncnc21. The van der Waals surface area contributed by atoms with Crippen LogP contribution in [0.5, 0.6) is 0 Å². The molecule has 1 aromatic carbocycles. The van der Waals surface area contributed by atoms with Gasteiger partial charge in [-0.15, -0.1) is 0 Å². The van der Waals surface area contributed by atoms with Crippen molar-refractivity contribution in [3.05, 3.63) is 47.8 Å². The molecule has 0 saturated carbocycles. The number of rotatable bonds is 3. The third-order valence-corrected chi connectivity index (χ3v) is 3.13. The molecule has 3 rings (SSSR count). The molecular weight excluding hydrogens is 273 g/mol. The molecule has 3 aromatic rings. The first-order chi connectivity index (χ1) is 10.1. The second-order valence-corrected chi connectivity index (χ2v) is 4.52. The molecule has 0 aliphatic rings. The molecule has 0 radical (unpaired) electrons. The predicted octanol–water partition coefficient (Wildman–Crippen LogP) is 0.880. The molecule has 0 fully saturated rings. The summed E-state index contributed by atoms with van der Waals surface area (Å²) in [6, 6.07) is 4.15. The summed E-state index contributed by atoms with van der Waals surface area (Å²) in [6.45, 7) is 0.349. The number of hydrogen-bond acceptors (Lipinski definition) is 5. The van der Waals surface area contributed by atoms with Gasteiger partial charge >= 0.3 is 0 Å². The van der Waals surface area contributed by atoms with E-state index in [-0.39, 0.29) is 5.84 Å². The molecule has 2 heterocycles. The van der Waals surface area contributed by atoms with E-state index in [2.05, 4.69) is 15.0 Å². The Bertz CT molecular complexity index is 840. The van der Waals surface area contributed by atoms with Crippen molar-refractivity contribution in [1.82, 2.24) is 19.5 Å². The van der Waals surface area contributed by atoms with Crippen LogP contribution >= 0.6 is 0 Å². The molecule has 106 valence electrons. The van der Waals surface area contributed by atoms with Gasteiger partial charge in [0.05, 0.1) is 12.9 Å². The summed E-state index contributed by atoms with van der Waals surface area (Å²) in [4.78, 5) is 12.2. The molecule has 0 aliphatic heterocycles. The van der Waals surface area contributed by atoms with Crippen molar-refractivity contribution < 1.29 is 4.39 Å². The van der Waals surface area contributed by atoms with E-state index in [9.17, 15) is 4.39 Å². The van der Waals surface area contributed by atoms with Crippen LogP contribution in [0, 0.1) is 11.2 Å². The van der Waals surface area contributed by atoms with E-state index in [1.165, 1.54) is 18.5 Å². The Kier molecular flexibility index (Phi) is 2.98. The molecular formula is C13H12FN7. The Morgan fingerprint density at radius 1 is 1.29 bits per heavy atom. The monoisotopic (exact) mass is 285 g/mol. The molecule has 2 aromatic heterocycles. The van der Waals surface area contributed by atoms with Gasteiger partial charge in [-0.2, -0.15) is 0 Å². The molecule has 5 N–H and O–H groups in total. The lowest BCUT2D eigenvalue weighted by Gasteiger charge is -2.09. The number of nitrogens with zero attached hydrogens (tertiary/aromatic N) is 4. The van der Waals surface area contributed by atoms with E-state index in [0.717, 1.165) is 0 Å². The van der Waals surface area contributed by atoms with Gasteiger partial charge in [0.1, 0.15) is 23.5 Å². The number of fused-ring (bicyclic) bond motifs is 1. The highest BCUT2D eigenvalue weighted by molar-refractivity contribution is 5.96. The molecule has 7 nitrogen and oxygen atoms in total. The highest BCUT2D eigenvalue weighted by Gasteiger charge is 2.12. The fourth-order valence-corrected chi connectivity index (χ4v) is 2.14. The molecule has 0 unspecified atom stereocenters. The average Bonchev–Trinajstić information content (AvgIpc) is 2.85. The highest BCUT2D eigenvalue weighted by atomic mass is 19.1. The van der Waals surface area contributed by atoms with Crippen LogP contribution in [0.3, 0.4) is 0 Å². The van der Waals surface area contributed by atoms with Gasteiger partial charge in [0, 0.05) is 5.56 Å². The normalized spacial score (nSPS) is 10.9. The van der Waals surface area contributed by atoms with E-state index in [4.69, 9.17) is 16.9 Å². The molecule has 0 amide bonds. The van der Waals surface area contributed by atoms with E-state index < -0.39 is 5.82 Å². The summed E-state index contributed by atoms with van der Waals surface area (Å²) in [5.74, 6) is -0.335. The van der Waals surface area contributed by atoms with Crippen molar-refractivity contribution >= 4 is 22.8 Å². The van der Waals surface area contributed by atoms with Crippen molar-refractivity contribution in [3.8, 4) is 0 Å². The summed E-state index contributed by atoms with van der Waals surface area (Å²) >= 11 is 0. The maximum atomic E-state index is 13.3. The number of aromatic nitrogens is 4. The second-order valence-electron chi connectivity index (χ2n) is 4.52. The Morgan fingerprint density at radius 3 is 2.86 bits per heavy atom. The minimum atomic E-state index is -0.439. The third-order valence-electron chi connectivity index (χ3n) is 3.13. The highest BCUT2D eigenvalue weighted by Crippen LogP contribution is 2.18. The lowest BCUT2D eigenvalue weighted by Crippen LogP contribution is -2.15. The lowest BCUT2D eigenvalue weighted by atomic mass is 10.1. The van der Waals surface area contributed by atoms with Crippen LogP contribution in [0.4, 0.5) is 10.2 Å². The van der Waals surface area contributed by atoms with Crippen molar-refractivity contribution in [3.63, 3.8) is 0 Å². The topological polar surface area (TPSA) is 119 Å².